The van der Waals surface area contributed by atoms with Crippen molar-refractivity contribution in [2.75, 3.05) is 5.75 Å². The Morgan fingerprint density at radius 1 is 0.611 bits per heavy atom. The van der Waals surface area contributed by atoms with Crippen LogP contribution in [-0.4, -0.2) is 11.5 Å². The molecule has 1 aromatic heterocycles. The predicted molar refractivity (Wildman–Crippen MR) is 145 cm³/mol. The average Bonchev–Trinajstić information content (AvgIpc) is 2.94. The number of carbonyl (C=O) groups excluding carboxylic acids is 1. The number of thioether (sulfide) groups is 1. The van der Waals surface area contributed by atoms with Gasteiger partial charge in [-0.05, 0) is 35.0 Å². The van der Waals surface area contributed by atoms with E-state index in [1.807, 2.05) is 48.5 Å². The van der Waals surface area contributed by atoms with Crippen LogP contribution in [0.15, 0.2) is 138 Å². The summed E-state index contributed by atoms with van der Waals surface area (Å²) in [5.41, 5.74) is 6.55. The number of halogens is 1. The number of hydrogen-bond acceptors (Lipinski definition) is 2. The fourth-order valence-electron chi connectivity index (χ4n) is 4.14. The van der Waals surface area contributed by atoms with Crippen LogP contribution in [0, 0.1) is 0 Å². The van der Waals surface area contributed by atoms with E-state index in [0.29, 0.717) is 5.75 Å². The molecule has 0 radical (unpaired) electrons. The quantitative estimate of drug-likeness (QED) is 0.162. The van der Waals surface area contributed by atoms with Gasteiger partial charge in [-0.25, -0.2) is 0 Å². The van der Waals surface area contributed by atoms with Crippen molar-refractivity contribution in [1.82, 2.24) is 0 Å². The molecule has 0 amide bonds. The van der Waals surface area contributed by atoms with Gasteiger partial charge in [-0.1, -0.05) is 109 Å². The fourth-order valence-corrected chi connectivity index (χ4v) is 5.11. The molecule has 0 aliphatic rings. The molecule has 0 N–H and O–H groups in total. The average molecular weight is 553 g/mol. The number of ketones is 1. The smallest absolute Gasteiger partial charge is 0.241 e. The van der Waals surface area contributed by atoms with E-state index in [1.165, 1.54) is 5.56 Å². The Kier molecular flexibility index (Phi) is 8.88. The van der Waals surface area contributed by atoms with Crippen LogP contribution < -0.4 is 21.5 Å². The second-order valence-electron chi connectivity index (χ2n) is 8.35. The first-order valence-corrected chi connectivity index (χ1v) is 12.7. The van der Waals surface area contributed by atoms with Crippen LogP contribution >= 0.6 is 11.8 Å². The number of hydrogen-bond donors (Lipinski definition) is 0. The molecule has 0 atom stereocenters. The lowest BCUT2D eigenvalue weighted by Crippen LogP contribution is -3.00. The molecule has 0 aliphatic heterocycles. The molecule has 4 aromatic carbocycles. The highest BCUT2D eigenvalue weighted by Gasteiger charge is 2.23. The van der Waals surface area contributed by atoms with Gasteiger partial charge in [-0.15, -0.1) is 0 Å². The van der Waals surface area contributed by atoms with Gasteiger partial charge in [0.05, 0.1) is 5.75 Å². The monoisotopic (exact) mass is 551 g/mol. The largest absolute Gasteiger partial charge is 1.00 e. The maximum Gasteiger partial charge on any atom is 0.241 e. The molecule has 5 rings (SSSR count). The number of benzene rings is 4. The Morgan fingerprint density at radius 2 is 1.14 bits per heavy atom. The molecule has 2 nitrogen and oxygen atoms in total. The lowest BCUT2D eigenvalue weighted by atomic mass is 10.0. The second kappa shape index (κ2) is 12.5. The summed E-state index contributed by atoms with van der Waals surface area (Å²) in [4.78, 5) is 13.0. The van der Waals surface area contributed by atoms with Crippen LogP contribution in [-0.2, 0) is 6.54 Å². The normalized spacial score (nSPS) is 10.4. The van der Waals surface area contributed by atoms with Gasteiger partial charge in [0.2, 0.25) is 10.7 Å². The zero-order chi connectivity index (χ0) is 23.9. The summed E-state index contributed by atoms with van der Waals surface area (Å²) in [6, 6.07) is 45.4. The zero-order valence-corrected chi connectivity index (χ0v) is 22.2. The van der Waals surface area contributed by atoms with E-state index in [9.17, 15) is 4.79 Å². The van der Waals surface area contributed by atoms with Gasteiger partial charge < -0.3 is 17.0 Å². The standard InChI is InChI=1S/C32H26NOS.BrH/c34-31(28-19-11-4-12-20-28)24-35-32-22-29(26-15-7-2-8-16-26)21-30(27-17-9-3-10-18-27)33(32)23-25-13-5-1-6-14-25;/h1-22H,23-24H2;1H/q+1;/p-1. The number of nitrogens with zero attached hydrogens (tertiary/aromatic N) is 1. The van der Waals surface area contributed by atoms with Crippen LogP contribution in [0.3, 0.4) is 0 Å². The maximum absolute atomic E-state index is 13.0. The van der Waals surface area contributed by atoms with Crippen LogP contribution in [0.4, 0.5) is 0 Å². The number of aromatic nitrogens is 1. The zero-order valence-electron chi connectivity index (χ0n) is 19.8. The Morgan fingerprint density at radius 3 is 1.75 bits per heavy atom. The molecule has 36 heavy (non-hydrogen) atoms. The van der Waals surface area contributed by atoms with E-state index < -0.39 is 0 Å². The van der Waals surface area contributed by atoms with Crippen molar-refractivity contribution >= 4 is 17.5 Å². The Labute approximate surface area is 227 Å². The Hall–Kier alpha value is -3.47. The number of rotatable bonds is 8. The first kappa shape index (κ1) is 25.6. The van der Waals surface area contributed by atoms with E-state index >= 15 is 0 Å². The van der Waals surface area contributed by atoms with Gasteiger partial charge in [0.25, 0.3) is 0 Å². The van der Waals surface area contributed by atoms with E-state index in [1.54, 1.807) is 11.8 Å². The van der Waals surface area contributed by atoms with Crippen molar-refractivity contribution in [1.29, 1.82) is 0 Å². The van der Waals surface area contributed by atoms with Crippen LogP contribution in [0.1, 0.15) is 15.9 Å². The molecule has 5 aromatic rings. The summed E-state index contributed by atoms with van der Waals surface area (Å²) >= 11 is 1.60. The number of pyridine rings is 1. The maximum atomic E-state index is 13.0. The van der Waals surface area contributed by atoms with E-state index in [0.717, 1.165) is 39.5 Å². The molecule has 0 spiro atoms. The van der Waals surface area contributed by atoms with E-state index in [2.05, 4.69) is 89.5 Å². The highest BCUT2D eigenvalue weighted by Crippen LogP contribution is 2.29. The summed E-state index contributed by atoms with van der Waals surface area (Å²) in [7, 11) is 0. The molecule has 0 saturated carbocycles. The number of Topliss-reactive ketones (excluding diaryl/α,β-unsaturated/α-hetero) is 1. The molecule has 1 heterocycles. The molecule has 0 fully saturated rings. The van der Waals surface area contributed by atoms with Crippen molar-refractivity contribution in [2.24, 2.45) is 0 Å². The molecule has 0 bridgehead atoms. The predicted octanol–water partition coefficient (Wildman–Crippen LogP) is 4.34. The third-order valence-corrected chi connectivity index (χ3v) is 6.98. The molecule has 0 aliphatic carbocycles. The molecule has 0 saturated heterocycles. The van der Waals surface area contributed by atoms with Gasteiger partial charge in [-0.3, -0.25) is 4.79 Å². The van der Waals surface area contributed by atoms with E-state index in [-0.39, 0.29) is 22.8 Å². The van der Waals surface area contributed by atoms with Crippen molar-refractivity contribution in [3.63, 3.8) is 0 Å². The number of carbonyl (C=O) groups is 1. The Balaban J connectivity index is 0.00000304. The molecule has 4 heteroatoms. The van der Waals surface area contributed by atoms with Crippen LogP contribution in [0.2, 0.25) is 0 Å². The van der Waals surface area contributed by atoms with Crippen molar-refractivity contribution in [3.8, 4) is 22.4 Å². The highest BCUT2D eigenvalue weighted by molar-refractivity contribution is 7.99. The van der Waals surface area contributed by atoms with Crippen molar-refractivity contribution in [2.45, 2.75) is 11.6 Å². The van der Waals surface area contributed by atoms with Gasteiger partial charge in [-0.2, -0.15) is 4.57 Å². The van der Waals surface area contributed by atoms with Gasteiger partial charge in [0.1, 0.15) is 0 Å². The van der Waals surface area contributed by atoms with Crippen molar-refractivity contribution < 1.29 is 26.3 Å². The fraction of sp³-hybridized carbons (Fsp3) is 0.0625. The molecular weight excluding hydrogens is 526 g/mol. The topological polar surface area (TPSA) is 20.9 Å². The summed E-state index contributed by atoms with van der Waals surface area (Å²) < 4.78 is 2.33. The second-order valence-corrected chi connectivity index (χ2v) is 9.34. The summed E-state index contributed by atoms with van der Waals surface area (Å²) in [5, 5.41) is 1.07. The summed E-state index contributed by atoms with van der Waals surface area (Å²) in [6.45, 7) is 0.724. The molecular formula is C32H26BrNOS. The van der Waals surface area contributed by atoms with Gasteiger partial charge in [0.15, 0.2) is 12.3 Å². The SMILES string of the molecule is O=C(CSc1cc(-c2ccccc2)cc(-c2ccccc2)[n+]1Cc1ccccc1)c1ccccc1.[Br-]. The third-order valence-electron chi connectivity index (χ3n) is 5.94. The highest BCUT2D eigenvalue weighted by atomic mass is 79.9. The minimum atomic E-state index is 0. The van der Waals surface area contributed by atoms with Gasteiger partial charge in [0, 0.05) is 28.8 Å². The van der Waals surface area contributed by atoms with Crippen LogP contribution in [0.5, 0.6) is 0 Å². The van der Waals surface area contributed by atoms with Crippen molar-refractivity contribution in [3.05, 3.63) is 145 Å². The summed E-state index contributed by atoms with van der Waals surface area (Å²) in [5.74, 6) is 0.513. The minimum Gasteiger partial charge on any atom is -1.00 e. The Bertz CT molecular complexity index is 1410. The third kappa shape index (κ3) is 6.20. The first-order valence-electron chi connectivity index (χ1n) is 11.7. The van der Waals surface area contributed by atoms with Crippen LogP contribution in [0.25, 0.3) is 22.4 Å². The lowest BCUT2D eigenvalue weighted by molar-refractivity contribution is -0.714. The molecule has 0 unspecified atom stereocenters. The lowest BCUT2D eigenvalue weighted by Gasteiger charge is -2.12. The first-order chi connectivity index (χ1) is 17.3. The summed E-state index contributed by atoms with van der Waals surface area (Å²) in [6.07, 6.45) is 0. The van der Waals surface area contributed by atoms with Gasteiger partial charge >= 0.3 is 0 Å². The minimum absolute atomic E-state index is 0. The van der Waals surface area contributed by atoms with E-state index in [4.69, 9.17) is 0 Å². The molecule has 178 valence electrons.